The van der Waals surface area contributed by atoms with Crippen molar-refractivity contribution in [1.29, 1.82) is 0 Å². The number of piperidine rings is 1. The van der Waals surface area contributed by atoms with Crippen molar-refractivity contribution in [2.24, 2.45) is 13.0 Å². The SMILES string of the molecule is COc1ccc(CC2CCN(C(=O)c3c(C)oc4ncn(C)c(=O)c34)CC2)cc1. The van der Waals surface area contributed by atoms with E-state index in [2.05, 4.69) is 17.1 Å². The van der Waals surface area contributed by atoms with Gasteiger partial charge in [-0.1, -0.05) is 12.1 Å². The third-order valence-electron chi connectivity index (χ3n) is 5.75. The van der Waals surface area contributed by atoms with Gasteiger partial charge in [-0.3, -0.25) is 9.59 Å². The summed E-state index contributed by atoms with van der Waals surface area (Å²) in [6.07, 6.45) is 4.27. The number of carbonyl (C=O) groups is 1. The van der Waals surface area contributed by atoms with Crippen LogP contribution in [0.25, 0.3) is 11.1 Å². The highest BCUT2D eigenvalue weighted by molar-refractivity contribution is 6.06. The molecule has 0 saturated carbocycles. The molecule has 29 heavy (non-hydrogen) atoms. The molecule has 0 unspecified atom stereocenters. The van der Waals surface area contributed by atoms with Crippen LogP contribution in [0.3, 0.4) is 0 Å². The largest absolute Gasteiger partial charge is 0.497 e. The molecule has 152 valence electrons. The highest BCUT2D eigenvalue weighted by Crippen LogP contribution is 2.27. The second kappa shape index (κ2) is 7.73. The molecular formula is C22H25N3O4. The van der Waals surface area contributed by atoms with E-state index in [-0.39, 0.29) is 22.6 Å². The Balaban J connectivity index is 1.47. The van der Waals surface area contributed by atoms with Crippen LogP contribution in [0.5, 0.6) is 5.75 Å². The number of likely N-dealkylation sites (tertiary alicyclic amines) is 1. The summed E-state index contributed by atoms with van der Waals surface area (Å²) in [4.78, 5) is 31.7. The smallest absolute Gasteiger partial charge is 0.265 e. The summed E-state index contributed by atoms with van der Waals surface area (Å²) in [5.74, 6) is 1.69. The Morgan fingerprint density at radius 2 is 1.93 bits per heavy atom. The molecule has 1 saturated heterocycles. The fourth-order valence-corrected chi connectivity index (χ4v) is 4.04. The van der Waals surface area contributed by atoms with E-state index >= 15 is 0 Å². The minimum Gasteiger partial charge on any atom is -0.497 e. The summed E-state index contributed by atoms with van der Waals surface area (Å²) in [5, 5.41) is 0.276. The summed E-state index contributed by atoms with van der Waals surface area (Å²) in [6.45, 7) is 3.06. The minimum absolute atomic E-state index is 0.144. The first-order chi connectivity index (χ1) is 14.0. The topological polar surface area (TPSA) is 77.6 Å². The lowest BCUT2D eigenvalue weighted by Gasteiger charge is -2.32. The number of amides is 1. The molecule has 0 N–H and O–H groups in total. The fraction of sp³-hybridized carbons (Fsp3) is 0.409. The van der Waals surface area contributed by atoms with Gasteiger partial charge in [0.1, 0.15) is 23.2 Å². The number of nitrogens with zero attached hydrogens (tertiary/aromatic N) is 3. The second-order valence-corrected chi connectivity index (χ2v) is 7.66. The van der Waals surface area contributed by atoms with Gasteiger partial charge in [-0.05, 0) is 49.8 Å². The molecule has 7 heteroatoms. The number of aryl methyl sites for hydroxylation is 2. The first-order valence-electron chi connectivity index (χ1n) is 9.85. The van der Waals surface area contributed by atoms with Gasteiger partial charge in [-0.15, -0.1) is 0 Å². The summed E-state index contributed by atoms with van der Waals surface area (Å²) in [6, 6.07) is 8.16. The summed E-state index contributed by atoms with van der Waals surface area (Å²) >= 11 is 0. The highest BCUT2D eigenvalue weighted by Gasteiger charge is 2.29. The van der Waals surface area contributed by atoms with Gasteiger partial charge >= 0.3 is 0 Å². The molecule has 0 bridgehead atoms. The van der Waals surface area contributed by atoms with Gasteiger partial charge < -0.3 is 18.6 Å². The van der Waals surface area contributed by atoms with Gasteiger partial charge in [0.15, 0.2) is 0 Å². The van der Waals surface area contributed by atoms with Crippen molar-refractivity contribution >= 4 is 17.0 Å². The van der Waals surface area contributed by atoms with Crippen molar-refractivity contribution in [2.75, 3.05) is 20.2 Å². The van der Waals surface area contributed by atoms with Crippen LogP contribution in [0.15, 0.2) is 39.8 Å². The molecule has 1 fully saturated rings. The molecule has 2 aromatic heterocycles. The van der Waals surface area contributed by atoms with Crippen LogP contribution in [0.4, 0.5) is 0 Å². The zero-order valence-corrected chi connectivity index (χ0v) is 17.0. The van der Waals surface area contributed by atoms with E-state index in [0.717, 1.165) is 25.0 Å². The zero-order valence-electron chi connectivity index (χ0n) is 17.0. The van der Waals surface area contributed by atoms with E-state index in [0.29, 0.717) is 30.3 Å². The average Bonchev–Trinajstić information content (AvgIpc) is 3.08. The standard InChI is InChI=1S/C22H25N3O4/c1-14-18(19-20(29-14)23-13-24(2)21(19)26)22(27)25-10-8-16(9-11-25)12-15-4-6-17(28-3)7-5-15/h4-7,13,16H,8-12H2,1-3H3. The second-order valence-electron chi connectivity index (χ2n) is 7.66. The van der Waals surface area contributed by atoms with E-state index < -0.39 is 0 Å². The highest BCUT2D eigenvalue weighted by atomic mass is 16.5. The predicted molar refractivity (Wildman–Crippen MR) is 109 cm³/mol. The number of hydrogen-bond donors (Lipinski definition) is 0. The normalized spacial score (nSPS) is 15.1. The number of benzene rings is 1. The Morgan fingerprint density at radius 1 is 1.24 bits per heavy atom. The number of ether oxygens (including phenoxy) is 1. The Hall–Kier alpha value is -3.09. The molecule has 1 aliphatic heterocycles. The van der Waals surface area contributed by atoms with Crippen molar-refractivity contribution in [3.63, 3.8) is 0 Å². The molecule has 7 nitrogen and oxygen atoms in total. The molecule has 0 atom stereocenters. The number of fused-ring (bicyclic) bond motifs is 1. The predicted octanol–water partition coefficient (Wildman–Crippen LogP) is 2.94. The van der Waals surface area contributed by atoms with E-state index in [9.17, 15) is 9.59 Å². The summed E-state index contributed by atoms with van der Waals surface area (Å²) in [5.41, 5.74) is 1.59. The monoisotopic (exact) mass is 395 g/mol. The maximum absolute atomic E-state index is 13.2. The molecule has 0 aliphatic carbocycles. The van der Waals surface area contributed by atoms with Gasteiger partial charge in [0, 0.05) is 20.1 Å². The first kappa shape index (κ1) is 19.2. The Bertz CT molecular complexity index is 1090. The number of rotatable bonds is 4. The number of methoxy groups -OCH3 is 1. The molecular weight excluding hydrogens is 370 g/mol. The van der Waals surface area contributed by atoms with E-state index in [1.54, 1.807) is 21.1 Å². The maximum atomic E-state index is 13.2. The van der Waals surface area contributed by atoms with Crippen LogP contribution in [-0.2, 0) is 13.5 Å². The van der Waals surface area contributed by atoms with Gasteiger partial charge in [0.05, 0.1) is 12.7 Å². The molecule has 1 aliphatic rings. The average molecular weight is 395 g/mol. The molecule has 4 rings (SSSR count). The van der Waals surface area contributed by atoms with E-state index in [1.165, 1.54) is 16.5 Å². The van der Waals surface area contributed by atoms with Gasteiger partial charge in [0.25, 0.3) is 11.5 Å². The maximum Gasteiger partial charge on any atom is 0.265 e. The molecule has 3 aromatic rings. The van der Waals surface area contributed by atoms with Crippen LogP contribution in [0.1, 0.15) is 34.5 Å². The van der Waals surface area contributed by atoms with Gasteiger partial charge in [-0.2, -0.15) is 0 Å². The van der Waals surface area contributed by atoms with E-state index in [4.69, 9.17) is 9.15 Å². The van der Waals surface area contributed by atoms with Crippen molar-refractivity contribution in [1.82, 2.24) is 14.5 Å². The third-order valence-corrected chi connectivity index (χ3v) is 5.75. The van der Waals surface area contributed by atoms with Crippen LogP contribution >= 0.6 is 0 Å². The Kier molecular flexibility index (Phi) is 5.13. The lowest BCUT2D eigenvalue weighted by Crippen LogP contribution is -2.39. The Morgan fingerprint density at radius 3 is 2.59 bits per heavy atom. The van der Waals surface area contributed by atoms with Crippen LogP contribution < -0.4 is 10.3 Å². The first-order valence-corrected chi connectivity index (χ1v) is 9.85. The van der Waals surface area contributed by atoms with E-state index in [1.807, 2.05) is 17.0 Å². The summed E-state index contributed by atoms with van der Waals surface area (Å²) in [7, 11) is 3.29. The minimum atomic E-state index is -0.260. The van der Waals surface area contributed by atoms with Crippen molar-refractivity contribution in [3.8, 4) is 5.75 Å². The van der Waals surface area contributed by atoms with Crippen LogP contribution in [-0.4, -0.2) is 40.6 Å². The lowest BCUT2D eigenvalue weighted by molar-refractivity contribution is 0.0690. The number of furan rings is 1. The molecule has 0 radical (unpaired) electrons. The van der Waals surface area contributed by atoms with Crippen LogP contribution in [0, 0.1) is 12.8 Å². The number of carbonyl (C=O) groups excluding carboxylic acids is 1. The third kappa shape index (κ3) is 3.64. The quantitative estimate of drug-likeness (QED) is 0.679. The number of hydrogen-bond acceptors (Lipinski definition) is 5. The molecule has 0 spiro atoms. The summed E-state index contributed by atoms with van der Waals surface area (Å²) < 4.78 is 12.2. The van der Waals surface area contributed by atoms with Gasteiger partial charge in [-0.25, -0.2) is 4.98 Å². The molecule has 3 heterocycles. The fourth-order valence-electron chi connectivity index (χ4n) is 4.04. The molecule has 1 amide bonds. The van der Waals surface area contributed by atoms with Crippen molar-refractivity contribution in [2.45, 2.75) is 26.2 Å². The van der Waals surface area contributed by atoms with Crippen molar-refractivity contribution in [3.05, 3.63) is 57.8 Å². The lowest BCUT2D eigenvalue weighted by atomic mass is 9.90. The van der Waals surface area contributed by atoms with Crippen molar-refractivity contribution < 1.29 is 13.9 Å². The van der Waals surface area contributed by atoms with Crippen LogP contribution in [0.2, 0.25) is 0 Å². The van der Waals surface area contributed by atoms with Gasteiger partial charge in [0.2, 0.25) is 5.71 Å². The molecule has 1 aromatic carbocycles. The zero-order chi connectivity index (χ0) is 20.5. The Labute approximate surface area is 168 Å². The number of aromatic nitrogens is 2.